The predicted molar refractivity (Wildman–Crippen MR) is 107 cm³/mol. The fourth-order valence-electron chi connectivity index (χ4n) is 3.71. The molecule has 1 aliphatic carbocycles. The van der Waals surface area contributed by atoms with E-state index in [1.165, 1.54) is 0 Å². The molecule has 3 N–H and O–H groups in total. The Morgan fingerprint density at radius 1 is 1.38 bits per heavy atom. The second-order valence-electron chi connectivity index (χ2n) is 7.86. The second-order valence-corrected chi connectivity index (χ2v) is 7.86. The van der Waals surface area contributed by atoms with Crippen LogP contribution in [-0.4, -0.2) is 56.2 Å². The van der Waals surface area contributed by atoms with Crippen molar-refractivity contribution in [1.29, 1.82) is 0 Å². The summed E-state index contributed by atoms with van der Waals surface area (Å²) in [7, 11) is 1.87. The molecule has 3 aromatic heterocycles. The molecule has 4 heterocycles. The zero-order chi connectivity index (χ0) is 20.0. The number of hydrogen-bond donors (Lipinski definition) is 3. The van der Waals surface area contributed by atoms with Crippen LogP contribution in [-0.2, 0) is 11.8 Å². The molecule has 0 aromatic carbocycles. The van der Waals surface area contributed by atoms with Crippen molar-refractivity contribution in [3.63, 3.8) is 0 Å². The van der Waals surface area contributed by atoms with Gasteiger partial charge < -0.3 is 20.5 Å². The lowest BCUT2D eigenvalue weighted by Gasteiger charge is -2.15. The zero-order valence-electron chi connectivity index (χ0n) is 16.2. The van der Waals surface area contributed by atoms with Crippen LogP contribution in [0.4, 0.5) is 5.82 Å². The van der Waals surface area contributed by atoms with Crippen LogP contribution in [0.2, 0.25) is 0 Å². The topological polar surface area (TPSA) is 106 Å². The summed E-state index contributed by atoms with van der Waals surface area (Å²) in [6.07, 6.45) is 5.09. The third kappa shape index (κ3) is 3.58. The minimum absolute atomic E-state index is 0.0412. The van der Waals surface area contributed by atoms with Gasteiger partial charge in [-0.2, -0.15) is 10.2 Å². The molecular formula is C20H24N6O3. The second kappa shape index (κ2) is 7.16. The van der Waals surface area contributed by atoms with Gasteiger partial charge in [0.2, 0.25) is 5.91 Å². The highest BCUT2D eigenvalue weighted by Crippen LogP contribution is 2.32. The first-order chi connectivity index (χ1) is 14.1. The molecule has 9 nitrogen and oxygen atoms in total. The van der Waals surface area contributed by atoms with Crippen molar-refractivity contribution in [2.45, 2.75) is 18.9 Å². The van der Waals surface area contributed by atoms with Crippen molar-refractivity contribution in [1.82, 2.24) is 24.7 Å². The van der Waals surface area contributed by atoms with E-state index < -0.39 is 0 Å². The first kappa shape index (κ1) is 18.1. The molecular weight excluding hydrogens is 372 g/mol. The smallest absolute Gasteiger partial charge is 0.228 e. The number of β-amino-alcohol motifs (C(OH)–C–C–N with tert-alkyl or cyclic N) is 1. The molecule has 0 unspecified atom stereocenters. The minimum Gasteiger partial charge on any atom is -0.489 e. The van der Waals surface area contributed by atoms with Crippen LogP contribution in [0.5, 0.6) is 5.75 Å². The number of anilines is 1. The maximum Gasteiger partial charge on any atom is 0.228 e. The maximum atomic E-state index is 12.0. The molecule has 0 bridgehead atoms. The van der Waals surface area contributed by atoms with Crippen molar-refractivity contribution in [3.8, 4) is 17.0 Å². The standard InChI is InChI=1S/C20H24N6O3/c1-25-19(17(10-22-25)29-11-14-8-21-9-16(14)27)13-4-5-26-15(6-13)7-18(24-26)23-20(28)12-2-3-12/h4-7,10,12,14,16,21,27H,2-3,8-9,11H2,1H3,(H,23,24,28)/t14-,16+/m0/s1. The molecule has 0 spiro atoms. The Balaban J connectivity index is 1.38. The van der Waals surface area contributed by atoms with E-state index in [1.807, 2.05) is 31.4 Å². The van der Waals surface area contributed by atoms with E-state index in [1.54, 1.807) is 15.4 Å². The van der Waals surface area contributed by atoms with Gasteiger partial charge in [-0.15, -0.1) is 0 Å². The molecule has 1 saturated carbocycles. The molecule has 0 radical (unpaired) electrons. The number of nitrogens with zero attached hydrogens (tertiary/aromatic N) is 4. The van der Waals surface area contributed by atoms with Crippen molar-refractivity contribution < 1.29 is 14.6 Å². The van der Waals surface area contributed by atoms with Gasteiger partial charge in [0, 0.05) is 49.8 Å². The van der Waals surface area contributed by atoms with Gasteiger partial charge in [0.05, 0.1) is 24.4 Å². The van der Waals surface area contributed by atoms with Crippen LogP contribution in [0.1, 0.15) is 12.8 Å². The molecule has 2 aliphatic rings. The largest absolute Gasteiger partial charge is 0.489 e. The number of amides is 1. The van der Waals surface area contributed by atoms with Crippen molar-refractivity contribution in [3.05, 3.63) is 30.6 Å². The lowest BCUT2D eigenvalue weighted by atomic mass is 10.1. The molecule has 1 aliphatic heterocycles. The number of carbonyl (C=O) groups is 1. The van der Waals surface area contributed by atoms with Gasteiger partial charge in [-0.1, -0.05) is 0 Å². The van der Waals surface area contributed by atoms with Crippen LogP contribution >= 0.6 is 0 Å². The van der Waals surface area contributed by atoms with Crippen LogP contribution < -0.4 is 15.4 Å². The van der Waals surface area contributed by atoms with Gasteiger partial charge in [0.25, 0.3) is 0 Å². The number of pyridine rings is 1. The maximum absolute atomic E-state index is 12.0. The fourth-order valence-corrected chi connectivity index (χ4v) is 3.71. The number of ether oxygens (including phenoxy) is 1. The van der Waals surface area contributed by atoms with E-state index in [9.17, 15) is 9.90 Å². The lowest BCUT2D eigenvalue weighted by Crippen LogP contribution is -2.24. The first-order valence-electron chi connectivity index (χ1n) is 9.93. The third-order valence-electron chi connectivity index (χ3n) is 5.60. The highest BCUT2D eigenvalue weighted by Gasteiger charge is 2.30. The Labute approximate surface area is 167 Å². The molecule has 2 fully saturated rings. The summed E-state index contributed by atoms with van der Waals surface area (Å²) < 4.78 is 9.52. The highest BCUT2D eigenvalue weighted by atomic mass is 16.5. The summed E-state index contributed by atoms with van der Waals surface area (Å²) >= 11 is 0. The average molecular weight is 396 g/mol. The van der Waals surface area contributed by atoms with E-state index in [0.717, 1.165) is 36.2 Å². The fraction of sp³-hybridized carbons (Fsp3) is 0.450. The van der Waals surface area contributed by atoms with Gasteiger partial charge in [-0.05, 0) is 25.0 Å². The van der Waals surface area contributed by atoms with Crippen molar-refractivity contribution in [2.75, 3.05) is 25.0 Å². The summed E-state index contributed by atoms with van der Waals surface area (Å²) in [5.41, 5.74) is 2.67. The quantitative estimate of drug-likeness (QED) is 0.575. The summed E-state index contributed by atoms with van der Waals surface area (Å²) in [5.74, 6) is 1.48. The van der Waals surface area contributed by atoms with E-state index in [0.29, 0.717) is 24.7 Å². The molecule has 2 atom stereocenters. The van der Waals surface area contributed by atoms with Crippen molar-refractivity contribution in [2.24, 2.45) is 18.9 Å². The number of aromatic nitrogens is 4. The molecule has 9 heteroatoms. The molecule has 29 heavy (non-hydrogen) atoms. The van der Waals surface area contributed by atoms with E-state index in [4.69, 9.17) is 4.74 Å². The number of nitrogens with one attached hydrogen (secondary N) is 2. The highest BCUT2D eigenvalue weighted by molar-refractivity contribution is 5.93. The summed E-state index contributed by atoms with van der Waals surface area (Å²) in [4.78, 5) is 12.0. The van der Waals surface area contributed by atoms with Gasteiger partial charge >= 0.3 is 0 Å². The summed E-state index contributed by atoms with van der Waals surface area (Å²) in [5, 5.41) is 24.8. The molecule has 3 aromatic rings. The number of rotatable bonds is 6. The first-order valence-corrected chi connectivity index (χ1v) is 9.93. The number of aliphatic hydroxyl groups excluding tert-OH is 1. The third-order valence-corrected chi connectivity index (χ3v) is 5.60. The van der Waals surface area contributed by atoms with Gasteiger partial charge in [0.1, 0.15) is 5.69 Å². The predicted octanol–water partition coefficient (Wildman–Crippen LogP) is 1.04. The SMILES string of the molecule is Cn1ncc(OC[C@@H]2CNC[C@H]2O)c1-c1ccn2nc(NC(=O)C3CC3)cc2c1. The van der Waals surface area contributed by atoms with Gasteiger partial charge in [-0.3, -0.25) is 9.48 Å². The van der Waals surface area contributed by atoms with E-state index in [2.05, 4.69) is 20.8 Å². The van der Waals surface area contributed by atoms with Crippen LogP contribution in [0.25, 0.3) is 16.8 Å². The number of aliphatic hydroxyl groups is 1. The zero-order valence-corrected chi connectivity index (χ0v) is 16.2. The Hall–Kier alpha value is -2.91. The Morgan fingerprint density at radius 3 is 3.00 bits per heavy atom. The summed E-state index contributed by atoms with van der Waals surface area (Å²) in [6.45, 7) is 1.78. The molecule has 5 rings (SSSR count). The normalized spacial score (nSPS) is 21.6. The monoisotopic (exact) mass is 396 g/mol. The number of carbonyl (C=O) groups excluding carboxylic acids is 1. The van der Waals surface area contributed by atoms with E-state index >= 15 is 0 Å². The average Bonchev–Trinajstić information content (AvgIpc) is 3.21. The minimum atomic E-state index is -0.387. The lowest BCUT2D eigenvalue weighted by molar-refractivity contribution is -0.117. The van der Waals surface area contributed by atoms with Gasteiger partial charge in [0.15, 0.2) is 11.6 Å². The summed E-state index contributed by atoms with van der Waals surface area (Å²) in [6, 6.07) is 5.80. The number of aryl methyl sites for hydroxylation is 1. The Bertz CT molecular complexity index is 1050. The van der Waals surface area contributed by atoms with Crippen LogP contribution in [0, 0.1) is 11.8 Å². The van der Waals surface area contributed by atoms with Crippen LogP contribution in [0.3, 0.4) is 0 Å². The van der Waals surface area contributed by atoms with Gasteiger partial charge in [-0.25, -0.2) is 4.52 Å². The van der Waals surface area contributed by atoms with Crippen LogP contribution in [0.15, 0.2) is 30.6 Å². The Morgan fingerprint density at radius 2 is 2.24 bits per heavy atom. The molecule has 1 saturated heterocycles. The number of fused-ring (bicyclic) bond motifs is 1. The molecule has 152 valence electrons. The number of hydrogen-bond acceptors (Lipinski definition) is 6. The molecule has 1 amide bonds. The Kier molecular flexibility index (Phi) is 4.48. The van der Waals surface area contributed by atoms with Crippen molar-refractivity contribution >= 4 is 17.2 Å². The van der Waals surface area contributed by atoms with E-state index in [-0.39, 0.29) is 23.8 Å².